The van der Waals surface area contributed by atoms with Gasteiger partial charge in [0.2, 0.25) is 0 Å². The Hall–Kier alpha value is -1.39. The number of nitrogens with two attached hydrogens (primary N) is 1. The van der Waals surface area contributed by atoms with Crippen molar-refractivity contribution in [3.05, 3.63) is 47.4 Å². The van der Waals surface area contributed by atoms with E-state index < -0.39 is 0 Å². The Bertz CT molecular complexity index is 505. The molecule has 0 saturated heterocycles. The summed E-state index contributed by atoms with van der Waals surface area (Å²) in [5.41, 5.74) is 6.64. The van der Waals surface area contributed by atoms with Crippen LogP contribution in [0, 0.1) is 6.92 Å². The van der Waals surface area contributed by atoms with E-state index in [-0.39, 0.29) is 0 Å². The fraction of sp³-hybridized carbons (Fsp3) is 0.286. The number of aryl methyl sites for hydroxylation is 1. The largest absolute Gasteiger partial charge is 0.486 e. The van der Waals surface area contributed by atoms with Crippen molar-refractivity contribution in [1.29, 1.82) is 0 Å². The van der Waals surface area contributed by atoms with E-state index in [0.29, 0.717) is 13.2 Å². The number of ether oxygens (including phenoxy) is 1. The van der Waals surface area contributed by atoms with Crippen LogP contribution in [-0.2, 0) is 13.2 Å². The lowest BCUT2D eigenvalue weighted by Crippen LogP contribution is -1.96. The Morgan fingerprint density at radius 3 is 2.56 bits per heavy atom. The van der Waals surface area contributed by atoms with E-state index in [2.05, 4.69) is 6.26 Å². The molecular weight excluding hydrogens is 246 g/mol. The maximum Gasteiger partial charge on any atom is 0.146 e. The zero-order valence-electron chi connectivity index (χ0n) is 10.6. The molecule has 0 fully saturated rings. The molecule has 2 aromatic rings. The van der Waals surface area contributed by atoms with Gasteiger partial charge in [-0.1, -0.05) is 0 Å². The molecule has 0 aliphatic carbocycles. The molecule has 0 amide bonds. The minimum absolute atomic E-state index is 0.425. The van der Waals surface area contributed by atoms with E-state index in [1.54, 1.807) is 11.8 Å². The minimum atomic E-state index is 0.425. The van der Waals surface area contributed by atoms with Crippen LogP contribution in [0.2, 0.25) is 0 Å². The van der Waals surface area contributed by atoms with Crippen molar-refractivity contribution < 1.29 is 9.15 Å². The van der Waals surface area contributed by atoms with Crippen molar-refractivity contribution >= 4 is 11.8 Å². The fourth-order valence-electron chi connectivity index (χ4n) is 1.69. The summed E-state index contributed by atoms with van der Waals surface area (Å²) in [6.07, 6.45) is 2.05. The number of benzene rings is 1. The van der Waals surface area contributed by atoms with Crippen LogP contribution in [0.15, 0.2) is 39.6 Å². The van der Waals surface area contributed by atoms with Crippen LogP contribution >= 0.6 is 11.8 Å². The van der Waals surface area contributed by atoms with Gasteiger partial charge < -0.3 is 14.9 Å². The van der Waals surface area contributed by atoms with Gasteiger partial charge in [-0.25, -0.2) is 0 Å². The molecule has 3 nitrogen and oxygen atoms in total. The molecule has 1 aromatic heterocycles. The van der Waals surface area contributed by atoms with Gasteiger partial charge in [-0.3, -0.25) is 0 Å². The molecule has 0 atom stereocenters. The summed E-state index contributed by atoms with van der Waals surface area (Å²) in [4.78, 5) is 1.22. The molecule has 0 aliphatic rings. The highest BCUT2D eigenvalue weighted by Crippen LogP contribution is 2.21. The molecule has 0 spiro atoms. The van der Waals surface area contributed by atoms with Gasteiger partial charge in [-0.05, 0) is 49.1 Å². The highest BCUT2D eigenvalue weighted by atomic mass is 32.2. The van der Waals surface area contributed by atoms with E-state index in [0.717, 1.165) is 22.8 Å². The molecule has 1 heterocycles. The number of hydrogen-bond acceptors (Lipinski definition) is 4. The van der Waals surface area contributed by atoms with Crippen molar-refractivity contribution in [2.45, 2.75) is 25.0 Å². The lowest BCUT2D eigenvalue weighted by atomic mass is 10.2. The van der Waals surface area contributed by atoms with Gasteiger partial charge in [-0.15, -0.1) is 11.8 Å². The van der Waals surface area contributed by atoms with Gasteiger partial charge >= 0.3 is 0 Å². The summed E-state index contributed by atoms with van der Waals surface area (Å²) < 4.78 is 11.2. The van der Waals surface area contributed by atoms with Crippen LogP contribution in [0.5, 0.6) is 5.75 Å². The number of thioether (sulfide) groups is 1. The number of furan rings is 1. The monoisotopic (exact) mass is 263 g/mol. The van der Waals surface area contributed by atoms with Crippen LogP contribution in [0.25, 0.3) is 0 Å². The quantitative estimate of drug-likeness (QED) is 0.840. The fourth-order valence-corrected chi connectivity index (χ4v) is 2.10. The molecule has 2 N–H and O–H groups in total. The molecule has 0 bridgehead atoms. The molecular formula is C14H17NO2S. The standard InChI is InChI=1S/C14H17NO2S/c1-10-7-12(17-14(10)8-15)9-16-11-3-5-13(18-2)6-4-11/h3-7H,8-9,15H2,1-2H3. The average molecular weight is 263 g/mol. The molecule has 0 aliphatic heterocycles. The molecule has 0 saturated carbocycles. The zero-order chi connectivity index (χ0) is 13.0. The summed E-state index contributed by atoms with van der Waals surface area (Å²) in [6.45, 7) is 2.84. The number of rotatable bonds is 5. The lowest BCUT2D eigenvalue weighted by molar-refractivity contribution is 0.266. The highest BCUT2D eigenvalue weighted by Gasteiger charge is 2.06. The van der Waals surface area contributed by atoms with Crippen molar-refractivity contribution in [3.63, 3.8) is 0 Å². The summed E-state index contributed by atoms with van der Waals surface area (Å²) in [6, 6.07) is 9.98. The molecule has 18 heavy (non-hydrogen) atoms. The van der Waals surface area contributed by atoms with E-state index in [4.69, 9.17) is 14.9 Å². The third-order valence-electron chi connectivity index (χ3n) is 2.70. The van der Waals surface area contributed by atoms with E-state index in [1.165, 1.54) is 4.90 Å². The summed E-state index contributed by atoms with van der Waals surface area (Å²) in [7, 11) is 0. The highest BCUT2D eigenvalue weighted by molar-refractivity contribution is 7.98. The Morgan fingerprint density at radius 2 is 2.00 bits per heavy atom. The first-order chi connectivity index (χ1) is 8.72. The second-order valence-corrected chi connectivity index (χ2v) is 4.87. The maximum absolute atomic E-state index is 5.66. The lowest BCUT2D eigenvalue weighted by Gasteiger charge is -2.04. The Kier molecular flexibility index (Phi) is 4.33. The van der Waals surface area contributed by atoms with Gasteiger partial charge in [0.25, 0.3) is 0 Å². The average Bonchev–Trinajstić information content (AvgIpc) is 2.77. The zero-order valence-corrected chi connectivity index (χ0v) is 11.4. The van der Waals surface area contributed by atoms with Crippen molar-refractivity contribution in [2.24, 2.45) is 5.73 Å². The van der Waals surface area contributed by atoms with Crippen molar-refractivity contribution in [2.75, 3.05) is 6.26 Å². The third kappa shape index (κ3) is 3.09. The molecule has 4 heteroatoms. The van der Waals surface area contributed by atoms with Gasteiger partial charge in [-0.2, -0.15) is 0 Å². The summed E-state index contributed by atoms with van der Waals surface area (Å²) in [5.74, 6) is 2.48. The second kappa shape index (κ2) is 5.98. The Balaban J connectivity index is 1.97. The van der Waals surface area contributed by atoms with E-state index in [1.807, 2.05) is 37.3 Å². The topological polar surface area (TPSA) is 48.4 Å². The first-order valence-corrected chi connectivity index (χ1v) is 7.00. The van der Waals surface area contributed by atoms with Crippen molar-refractivity contribution in [1.82, 2.24) is 0 Å². The van der Waals surface area contributed by atoms with Gasteiger partial charge in [0.05, 0.1) is 6.54 Å². The van der Waals surface area contributed by atoms with E-state index in [9.17, 15) is 0 Å². The summed E-state index contributed by atoms with van der Waals surface area (Å²) in [5, 5.41) is 0. The molecule has 0 unspecified atom stereocenters. The molecule has 1 aromatic carbocycles. The number of hydrogen-bond donors (Lipinski definition) is 1. The van der Waals surface area contributed by atoms with Gasteiger partial charge in [0, 0.05) is 4.90 Å². The van der Waals surface area contributed by atoms with Crippen molar-refractivity contribution in [3.8, 4) is 5.75 Å². The first-order valence-electron chi connectivity index (χ1n) is 5.78. The first kappa shape index (κ1) is 13.1. The molecule has 2 rings (SSSR count). The van der Waals surface area contributed by atoms with Crippen LogP contribution in [0.3, 0.4) is 0 Å². The van der Waals surface area contributed by atoms with Crippen LogP contribution < -0.4 is 10.5 Å². The van der Waals surface area contributed by atoms with Gasteiger partial charge in [0.1, 0.15) is 23.9 Å². The third-order valence-corrected chi connectivity index (χ3v) is 3.44. The minimum Gasteiger partial charge on any atom is -0.486 e. The maximum atomic E-state index is 5.66. The SMILES string of the molecule is CSc1ccc(OCc2cc(C)c(CN)o2)cc1. The van der Waals surface area contributed by atoms with Gasteiger partial charge in [0.15, 0.2) is 0 Å². The van der Waals surface area contributed by atoms with Crippen LogP contribution in [0.1, 0.15) is 17.1 Å². The molecule has 96 valence electrons. The normalized spacial score (nSPS) is 10.6. The smallest absolute Gasteiger partial charge is 0.146 e. The Morgan fingerprint density at radius 1 is 1.28 bits per heavy atom. The predicted molar refractivity (Wildman–Crippen MR) is 73.9 cm³/mol. The summed E-state index contributed by atoms with van der Waals surface area (Å²) >= 11 is 1.71. The van der Waals surface area contributed by atoms with Crippen LogP contribution in [-0.4, -0.2) is 6.26 Å². The van der Waals surface area contributed by atoms with Crippen LogP contribution in [0.4, 0.5) is 0 Å². The van der Waals surface area contributed by atoms with E-state index >= 15 is 0 Å². The molecule has 0 radical (unpaired) electrons. The second-order valence-electron chi connectivity index (χ2n) is 3.99. The predicted octanol–water partition coefficient (Wildman–Crippen LogP) is 3.35. The Labute approximate surface area is 111 Å².